The van der Waals surface area contributed by atoms with Crippen LogP contribution >= 0.6 is 11.6 Å². The molecule has 4 N–H and O–H groups in total. The van der Waals surface area contributed by atoms with Gasteiger partial charge >= 0.3 is 0 Å². The van der Waals surface area contributed by atoms with E-state index in [1.54, 1.807) is 31.2 Å². The fourth-order valence-electron chi connectivity index (χ4n) is 2.06. The number of rotatable bonds is 6. The van der Waals surface area contributed by atoms with Crippen molar-refractivity contribution in [2.24, 2.45) is 5.73 Å². The number of nitrogens with one attached hydrogen (secondary N) is 1. The van der Waals surface area contributed by atoms with Crippen LogP contribution in [0.3, 0.4) is 0 Å². The Morgan fingerprint density at radius 1 is 1.50 bits per heavy atom. The number of carbonyl (C=O) groups is 1. The Kier molecular flexibility index (Phi) is 5.01. The molecule has 0 aliphatic rings. The zero-order valence-corrected chi connectivity index (χ0v) is 13.4. The second kappa shape index (κ2) is 6.81. The van der Waals surface area contributed by atoms with Crippen LogP contribution in [0.25, 0.3) is 0 Å². The van der Waals surface area contributed by atoms with Gasteiger partial charge in [-0.25, -0.2) is 4.98 Å². The summed E-state index contributed by atoms with van der Waals surface area (Å²) in [4.78, 5) is 25.4. The van der Waals surface area contributed by atoms with Crippen molar-refractivity contribution in [1.29, 1.82) is 0 Å². The lowest BCUT2D eigenvalue weighted by Crippen LogP contribution is -2.31. The summed E-state index contributed by atoms with van der Waals surface area (Å²) in [5.74, 6) is -0.813. The molecule has 0 bridgehead atoms. The van der Waals surface area contributed by atoms with Gasteiger partial charge in [-0.15, -0.1) is 0 Å². The van der Waals surface area contributed by atoms with Crippen molar-refractivity contribution >= 4 is 29.0 Å². The summed E-state index contributed by atoms with van der Waals surface area (Å²) in [6, 6.07) is 7.72. The molecule has 1 unspecified atom stereocenters. The molecule has 1 amide bonds. The van der Waals surface area contributed by atoms with Gasteiger partial charge in [-0.2, -0.15) is 0 Å². The number of nitro groups is 1. The molecule has 2 rings (SSSR count). The number of anilines is 1. The molecule has 1 aromatic heterocycles. The van der Waals surface area contributed by atoms with Gasteiger partial charge in [-0.1, -0.05) is 23.7 Å². The fraction of sp³-hybridized carbons (Fsp3) is 0.200. The van der Waals surface area contributed by atoms with Gasteiger partial charge in [0.25, 0.3) is 11.6 Å². The van der Waals surface area contributed by atoms with Gasteiger partial charge < -0.3 is 16.2 Å². The van der Waals surface area contributed by atoms with E-state index in [2.05, 4.69) is 10.3 Å². The minimum absolute atomic E-state index is 0.0154. The Labute approximate surface area is 142 Å². The van der Waals surface area contributed by atoms with Crippen LogP contribution in [0, 0.1) is 10.1 Å². The monoisotopic (exact) mass is 350 g/mol. The SMILES string of the molecule is CC(O)(CNc1ncc([N+](=O)[O-])cc1C(N)=O)c1cccc(Cl)c1. The summed E-state index contributed by atoms with van der Waals surface area (Å²) >= 11 is 5.91. The molecule has 0 aliphatic carbocycles. The molecule has 8 nitrogen and oxygen atoms in total. The molecule has 1 aromatic carbocycles. The Balaban J connectivity index is 2.25. The normalized spacial score (nSPS) is 13.1. The minimum atomic E-state index is -1.32. The van der Waals surface area contributed by atoms with Crippen molar-refractivity contribution < 1.29 is 14.8 Å². The number of pyridine rings is 1. The quantitative estimate of drug-likeness (QED) is 0.539. The first kappa shape index (κ1) is 17.6. The lowest BCUT2D eigenvalue weighted by Gasteiger charge is -2.25. The van der Waals surface area contributed by atoms with E-state index < -0.39 is 16.4 Å². The van der Waals surface area contributed by atoms with E-state index in [1.807, 2.05) is 0 Å². The number of amides is 1. The molecule has 0 saturated carbocycles. The van der Waals surface area contributed by atoms with E-state index in [0.29, 0.717) is 10.6 Å². The van der Waals surface area contributed by atoms with E-state index in [9.17, 15) is 20.0 Å². The van der Waals surface area contributed by atoms with E-state index in [0.717, 1.165) is 12.3 Å². The van der Waals surface area contributed by atoms with Crippen molar-refractivity contribution in [3.05, 3.63) is 62.8 Å². The molecule has 2 aromatic rings. The molecular formula is C15H15ClN4O4. The summed E-state index contributed by atoms with van der Waals surface area (Å²) in [6.45, 7) is 1.54. The van der Waals surface area contributed by atoms with Gasteiger partial charge in [0.05, 0.1) is 10.5 Å². The minimum Gasteiger partial charge on any atom is -0.384 e. The molecule has 0 fully saturated rings. The number of halogens is 1. The Morgan fingerprint density at radius 3 is 2.79 bits per heavy atom. The predicted molar refractivity (Wildman–Crippen MR) is 88.9 cm³/mol. The Morgan fingerprint density at radius 2 is 2.21 bits per heavy atom. The molecule has 0 aliphatic heterocycles. The van der Waals surface area contributed by atoms with Gasteiger partial charge in [0.1, 0.15) is 17.6 Å². The maximum Gasteiger partial charge on any atom is 0.288 e. The molecule has 0 spiro atoms. The molecule has 24 heavy (non-hydrogen) atoms. The van der Waals surface area contributed by atoms with E-state index in [1.165, 1.54) is 0 Å². The van der Waals surface area contributed by atoms with Gasteiger partial charge in [-0.3, -0.25) is 14.9 Å². The molecular weight excluding hydrogens is 336 g/mol. The van der Waals surface area contributed by atoms with Gasteiger partial charge in [0, 0.05) is 17.6 Å². The van der Waals surface area contributed by atoms with Crippen molar-refractivity contribution in [1.82, 2.24) is 4.98 Å². The second-order valence-corrected chi connectivity index (χ2v) is 5.79. The lowest BCUT2D eigenvalue weighted by atomic mass is 9.96. The van der Waals surface area contributed by atoms with Gasteiger partial charge in [0.2, 0.25) is 0 Å². The van der Waals surface area contributed by atoms with Gasteiger partial charge in [0.15, 0.2) is 0 Å². The highest BCUT2D eigenvalue weighted by Gasteiger charge is 2.25. The third kappa shape index (κ3) is 3.98. The third-order valence-corrected chi connectivity index (χ3v) is 3.63. The largest absolute Gasteiger partial charge is 0.384 e. The number of aromatic nitrogens is 1. The third-order valence-electron chi connectivity index (χ3n) is 3.40. The molecule has 0 radical (unpaired) electrons. The van der Waals surface area contributed by atoms with Crippen LogP contribution < -0.4 is 11.1 Å². The summed E-state index contributed by atoms with van der Waals surface area (Å²) in [7, 11) is 0. The molecule has 1 heterocycles. The highest BCUT2D eigenvalue weighted by Crippen LogP contribution is 2.25. The summed E-state index contributed by atoms with van der Waals surface area (Å²) in [5.41, 5.74) is 3.99. The van der Waals surface area contributed by atoms with E-state index in [4.69, 9.17) is 17.3 Å². The van der Waals surface area contributed by atoms with Crippen molar-refractivity contribution in [3.8, 4) is 0 Å². The fourth-order valence-corrected chi connectivity index (χ4v) is 2.25. The lowest BCUT2D eigenvalue weighted by molar-refractivity contribution is -0.385. The van der Waals surface area contributed by atoms with Crippen molar-refractivity contribution in [2.75, 3.05) is 11.9 Å². The average molecular weight is 351 g/mol. The summed E-state index contributed by atoms with van der Waals surface area (Å²) in [5, 5.41) is 24.6. The first-order chi connectivity index (χ1) is 11.2. The number of hydrogen-bond donors (Lipinski definition) is 3. The van der Waals surface area contributed by atoms with E-state index >= 15 is 0 Å². The van der Waals surface area contributed by atoms with Crippen LogP contribution in [0.15, 0.2) is 36.5 Å². The van der Waals surface area contributed by atoms with E-state index in [-0.39, 0.29) is 23.6 Å². The Bertz CT molecular complexity index is 795. The maximum absolute atomic E-state index is 11.5. The Hall–Kier alpha value is -2.71. The van der Waals surface area contributed by atoms with Crippen LogP contribution in [0.1, 0.15) is 22.8 Å². The number of nitrogens with two attached hydrogens (primary N) is 1. The standard InChI is InChI=1S/C15H15ClN4O4/c1-15(22,9-3-2-4-10(16)5-9)8-19-14-12(13(17)21)6-11(7-18-14)20(23)24/h2-7,22H,8H2,1H3,(H2,17,21)(H,18,19). The number of hydrogen-bond acceptors (Lipinski definition) is 6. The summed E-state index contributed by atoms with van der Waals surface area (Å²) < 4.78 is 0. The predicted octanol–water partition coefficient (Wildman–Crippen LogP) is 2.06. The number of primary amides is 1. The number of nitrogens with zero attached hydrogens (tertiary/aromatic N) is 2. The zero-order valence-electron chi connectivity index (χ0n) is 12.7. The van der Waals surface area contributed by atoms with Crippen LogP contribution in [0.5, 0.6) is 0 Å². The number of aliphatic hydroxyl groups is 1. The first-order valence-electron chi connectivity index (χ1n) is 6.87. The van der Waals surface area contributed by atoms with Crippen LogP contribution in [0.4, 0.5) is 11.5 Å². The van der Waals surface area contributed by atoms with Gasteiger partial charge in [-0.05, 0) is 24.6 Å². The van der Waals surface area contributed by atoms with Crippen molar-refractivity contribution in [3.63, 3.8) is 0 Å². The zero-order chi connectivity index (χ0) is 17.9. The first-order valence-corrected chi connectivity index (χ1v) is 7.25. The smallest absolute Gasteiger partial charge is 0.288 e. The van der Waals surface area contributed by atoms with Crippen molar-refractivity contribution in [2.45, 2.75) is 12.5 Å². The van der Waals surface area contributed by atoms with Crippen LogP contribution in [-0.4, -0.2) is 27.5 Å². The molecule has 126 valence electrons. The number of benzene rings is 1. The summed E-state index contributed by atoms with van der Waals surface area (Å²) in [6.07, 6.45) is 1.00. The van der Waals surface area contributed by atoms with Crippen LogP contribution in [0.2, 0.25) is 5.02 Å². The average Bonchev–Trinajstić information content (AvgIpc) is 2.52. The molecule has 1 atom stereocenters. The topological polar surface area (TPSA) is 131 Å². The highest BCUT2D eigenvalue weighted by molar-refractivity contribution is 6.30. The second-order valence-electron chi connectivity index (χ2n) is 5.35. The molecule has 0 saturated heterocycles. The number of carbonyl (C=O) groups excluding carboxylic acids is 1. The van der Waals surface area contributed by atoms with Crippen LogP contribution in [-0.2, 0) is 5.60 Å². The highest BCUT2D eigenvalue weighted by atomic mass is 35.5. The maximum atomic E-state index is 11.5. The molecule has 9 heteroatoms.